The van der Waals surface area contributed by atoms with Crippen molar-refractivity contribution in [3.05, 3.63) is 29.8 Å². The van der Waals surface area contributed by atoms with Crippen molar-refractivity contribution in [3.8, 4) is 5.75 Å². The first kappa shape index (κ1) is 15.0. The summed E-state index contributed by atoms with van der Waals surface area (Å²) in [5.41, 5.74) is 0.953. The van der Waals surface area contributed by atoms with Gasteiger partial charge in [-0.3, -0.25) is 9.59 Å². The molecule has 0 aliphatic carbocycles. The summed E-state index contributed by atoms with van der Waals surface area (Å²) in [5.74, 6) is -1.16. The van der Waals surface area contributed by atoms with Crippen molar-refractivity contribution >= 4 is 11.8 Å². The molecular weight excluding hydrogens is 248 g/mol. The number of aliphatic hydroxyl groups is 1. The third kappa shape index (κ3) is 4.97. The molecule has 0 saturated carbocycles. The maximum atomic E-state index is 11.5. The molecule has 3 N–H and O–H groups in total. The number of amides is 2. The van der Waals surface area contributed by atoms with Crippen LogP contribution in [0.2, 0.25) is 0 Å². The van der Waals surface area contributed by atoms with Crippen molar-refractivity contribution in [2.75, 3.05) is 26.7 Å². The fourth-order valence-electron chi connectivity index (χ4n) is 1.48. The maximum Gasteiger partial charge on any atom is 0.311 e. The molecule has 6 nitrogen and oxygen atoms in total. The number of aliphatic hydroxyl groups excluding tert-OH is 1. The highest BCUT2D eigenvalue weighted by Crippen LogP contribution is 2.09. The highest BCUT2D eigenvalue weighted by molar-refractivity contribution is 6.34. The van der Waals surface area contributed by atoms with Crippen LogP contribution in [0.1, 0.15) is 5.56 Å². The molecule has 0 spiro atoms. The SMILES string of the molecule is CN(CCO)C(=O)C(=O)NCCc1ccc(O)cc1. The van der Waals surface area contributed by atoms with E-state index in [-0.39, 0.29) is 18.9 Å². The van der Waals surface area contributed by atoms with Gasteiger partial charge in [-0.15, -0.1) is 0 Å². The number of nitrogens with one attached hydrogen (secondary N) is 1. The summed E-state index contributed by atoms with van der Waals surface area (Å²) in [6.07, 6.45) is 0.572. The molecule has 0 saturated heterocycles. The Morgan fingerprint density at radius 1 is 1.26 bits per heavy atom. The first-order chi connectivity index (χ1) is 9.04. The number of aromatic hydroxyl groups is 1. The van der Waals surface area contributed by atoms with E-state index in [4.69, 9.17) is 10.2 Å². The van der Waals surface area contributed by atoms with Crippen LogP contribution < -0.4 is 5.32 Å². The van der Waals surface area contributed by atoms with Crippen molar-refractivity contribution in [2.45, 2.75) is 6.42 Å². The van der Waals surface area contributed by atoms with Crippen LogP contribution in [0.5, 0.6) is 5.75 Å². The van der Waals surface area contributed by atoms with E-state index in [0.717, 1.165) is 10.5 Å². The molecule has 2 amide bonds. The number of phenols is 1. The van der Waals surface area contributed by atoms with Crippen LogP contribution in [-0.2, 0) is 16.0 Å². The Bertz CT molecular complexity index is 431. The van der Waals surface area contributed by atoms with Gasteiger partial charge in [0, 0.05) is 20.1 Å². The molecule has 0 bridgehead atoms. The van der Waals surface area contributed by atoms with Gasteiger partial charge in [0.1, 0.15) is 5.75 Å². The largest absolute Gasteiger partial charge is 0.508 e. The third-order valence-corrected chi connectivity index (χ3v) is 2.61. The van der Waals surface area contributed by atoms with Crippen LogP contribution in [0.4, 0.5) is 0 Å². The first-order valence-electron chi connectivity index (χ1n) is 5.96. The average Bonchev–Trinajstić information content (AvgIpc) is 2.40. The summed E-state index contributed by atoms with van der Waals surface area (Å²) in [4.78, 5) is 24.1. The summed E-state index contributed by atoms with van der Waals surface area (Å²) in [6.45, 7) is 0.287. The molecule has 1 aromatic rings. The van der Waals surface area contributed by atoms with Gasteiger partial charge in [-0.2, -0.15) is 0 Å². The van der Waals surface area contributed by atoms with Crippen molar-refractivity contribution in [3.63, 3.8) is 0 Å². The molecule has 104 valence electrons. The number of likely N-dealkylation sites (N-methyl/N-ethyl adjacent to an activating group) is 1. The number of hydrogen-bond donors (Lipinski definition) is 3. The van der Waals surface area contributed by atoms with Crippen molar-refractivity contribution in [2.24, 2.45) is 0 Å². The Hall–Kier alpha value is -2.08. The van der Waals surface area contributed by atoms with E-state index in [2.05, 4.69) is 5.32 Å². The number of benzene rings is 1. The average molecular weight is 266 g/mol. The number of carbonyl (C=O) groups excluding carboxylic acids is 2. The molecule has 1 rings (SSSR count). The lowest BCUT2D eigenvalue weighted by molar-refractivity contribution is -0.145. The van der Waals surface area contributed by atoms with Crippen LogP contribution in [0.25, 0.3) is 0 Å². The maximum absolute atomic E-state index is 11.5. The van der Waals surface area contributed by atoms with Gasteiger partial charge in [-0.1, -0.05) is 12.1 Å². The quantitative estimate of drug-likeness (QED) is 0.627. The monoisotopic (exact) mass is 266 g/mol. The number of nitrogens with zero attached hydrogens (tertiary/aromatic N) is 1. The zero-order chi connectivity index (χ0) is 14.3. The molecule has 0 fully saturated rings. The van der Waals surface area contributed by atoms with Crippen molar-refractivity contribution < 1.29 is 19.8 Å². The molecule has 0 unspecified atom stereocenters. The Morgan fingerprint density at radius 3 is 2.47 bits per heavy atom. The van der Waals surface area contributed by atoms with E-state index < -0.39 is 11.8 Å². The summed E-state index contributed by atoms with van der Waals surface area (Å²) in [7, 11) is 1.46. The Kier molecular flexibility index (Phi) is 5.81. The molecule has 0 atom stereocenters. The smallest absolute Gasteiger partial charge is 0.311 e. The summed E-state index contributed by atoms with van der Waals surface area (Å²) < 4.78 is 0. The fraction of sp³-hybridized carbons (Fsp3) is 0.385. The van der Waals surface area contributed by atoms with Gasteiger partial charge in [0.25, 0.3) is 0 Å². The van der Waals surface area contributed by atoms with Gasteiger partial charge in [0.2, 0.25) is 0 Å². The second-order valence-electron chi connectivity index (χ2n) is 4.12. The second-order valence-corrected chi connectivity index (χ2v) is 4.12. The normalized spacial score (nSPS) is 10.0. The molecule has 0 radical (unpaired) electrons. The van der Waals surface area contributed by atoms with E-state index in [0.29, 0.717) is 13.0 Å². The van der Waals surface area contributed by atoms with Crippen LogP contribution in [0.3, 0.4) is 0 Å². The zero-order valence-corrected chi connectivity index (χ0v) is 10.8. The summed E-state index contributed by atoms with van der Waals surface area (Å²) in [6, 6.07) is 6.64. The third-order valence-electron chi connectivity index (χ3n) is 2.61. The number of carbonyl (C=O) groups is 2. The minimum absolute atomic E-state index is 0.129. The lowest BCUT2D eigenvalue weighted by Gasteiger charge is -2.14. The highest BCUT2D eigenvalue weighted by atomic mass is 16.3. The van der Waals surface area contributed by atoms with Crippen LogP contribution in [0.15, 0.2) is 24.3 Å². The molecule has 0 heterocycles. The molecular formula is C13H18N2O4. The van der Waals surface area contributed by atoms with E-state index in [1.807, 2.05) is 0 Å². The molecule has 0 aliphatic heterocycles. The van der Waals surface area contributed by atoms with Gasteiger partial charge >= 0.3 is 11.8 Å². The predicted octanol–water partition coefficient (Wildman–Crippen LogP) is -0.498. The number of hydrogen-bond acceptors (Lipinski definition) is 4. The van der Waals surface area contributed by atoms with Crippen LogP contribution >= 0.6 is 0 Å². The van der Waals surface area contributed by atoms with Gasteiger partial charge in [-0.05, 0) is 24.1 Å². The van der Waals surface area contributed by atoms with Gasteiger partial charge in [0.15, 0.2) is 0 Å². The number of rotatable bonds is 5. The minimum atomic E-state index is -0.685. The predicted molar refractivity (Wildman–Crippen MR) is 69.5 cm³/mol. The Balaban J connectivity index is 2.34. The molecule has 0 aromatic heterocycles. The molecule has 1 aromatic carbocycles. The fourth-order valence-corrected chi connectivity index (χ4v) is 1.48. The van der Waals surface area contributed by atoms with Crippen LogP contribution in [-0.4, -0.2) is 53.7 Å². The first-order valence-corrected chi connectivity index (χ1v) is 5.96. The molecule has 19 heavy (non-hydrogen) atoms. The van der Waals surface area contributed by atoms with Gasteiger partial charge in [0.05, 0.1) is 6.61 Å². The lowest BCUT2D eigenvalue weighted by atomic mass is 10.1. The minimum Gasteiger partial charge on any atom is -0.508 e. The number of phenolic OH excluding ortho intramolecular Hbond substituents is 1. The summed E-state index contributed by atoms with van der Waals surface area (Å²) >= 11 is 0. The summed E-state index contributed by atoms with van der Waals surface area (Å²) in [5, 5.41) is 20.3. The Morgan fingerprint density at radius 2 is 1.89 bits per heavy atom. The second kappa shape index (κ2) is 7.38. The van der Waals surface area contributed by atoms with Crippen LogP contribution in [0, 0.1) is 0 Å². The highest BCUT2D eigenvalue weighted by Gasteiger charge is 2.17. The Labute approximate surface area is 111 Å². The van der Waals surface area contributed by atoms with E-state index in [9.17, 15) is 9.59 Å². The molecule has 0 aliphatic rings. The zero-order valence-electron chi connectivity index (χ0n) is 10.8. The van der Waals surface area contributed by atoms with E-state index in [1.165, 1.54) is 7.05 Å². The van der Waals surface area contributed by atoms with Gasteiger partial charge < -0.3 is 20.4 Å². The standard InChI is InChI=1S/C13H18N2O4/c1-15(8-9-16)13(19)12(18)14-7-6-10-2-4-11(17)5-3-10/h2-5,16-17H,6-9H2,1H3,(H,14,18). The van der Waals surface area contributed by atoms with Gasteiger partial charge in [-0.25, -0.2) is 0 Å². The van der Waals surface area contributed by atoms with E-state index in [1.54, 1.807) is 24.3 Å². The van der Waals surface area contributed by atoms with E-state index >= 15 is 0 Å². The van der Waals surface area contributed by atoms with Crippen molar-refractivity contribution in [1.29, 1.82) is 0 Å². The molecule has 6 heteroatoms. The topological polar surface area (TPSA) is 89.9 Å². The van der Waals surface area contributed by atoms with Crippen molar-refractivity contribution in [1.82, 2.24) is 10.2 Å². The lowest BCUT2D eigenvalue weighted by Crippen LogP contribution is -2.42.